The Labute approximate surface area is 64.5 Å². The fourth-order valence-electron chi connectivity index (χ4n) is 0.763. The molecular formula is C9H19N. The van der Waals surface area contributed by atoms with Gasteiger partial charge in [0.1, 0.15) is 0 Å². The molecule has 60 valence electrons. The van der Waals surface area contributed by atoms with Gasteiger partial charge >= 0.3 is 0 Å². The lowest BCUT2D eigenvalue weighted by Gasteiger charge is -2.03. The molecule has 0 radical (unpaired) electrons. The van der Waals surface area contributed by atoms with Crippen molar-refractivity contribution in [1.82, 2.24) is 5.32 Å². The molecule has 0 saturated carbocycles. The van der Waals surface area contributed by atoms with Crippen LogP contribution < -0.4 is 5.32 Å². The maximum absolute atomic E-state index is 3.33. The second kappa shape index (κ2) is 6.66. The van der Waals surface area contributed by atoms with Gasteiger partial charge in [0.15, 0.2) is 0 Å². The van der Waals surface area contributed by atoms with Gasteiger partial charge in [-0.25, -0.2) is 0 Å². The number of nitrogens with one attached hydrogen (secondary N) is 1. The van der Waals surface area contributed by atoms with Crippen LogP contribution in [0.25, 0.3) is 0 Å². The van der Waals surface area contributed by atoms with E-state index in [0.29, 0.717) is 0 Å². The number of hydrogen-bond donors (Lipinski definition) is 1. The van der Waals surface area contributed by atoms with Gasteiger partial charge in [-0.1, -0.05) is 25.8 Å². The van der Waals surface area contributed by atoms with Gasteiger partial charge in [0.2, 0.25) is 0 Å². The summed E-state index contributed by atoms with van der Waals surface area (Å²) in [5.74, 6) is 0. The number of allylic oxidation sites excluding steroid dienone is 2. The van der Waals surface area contributed by atoms with Crippen LogP contribution in [-0.4, -0.2) is 6.54 Å². The SMILES string of the molecule is CC=C(C)NCCCCC. The molecule has 10 heavy (non-hydrogen) atoms. The molecule has 1 heteroatoms. The lowest BCUT2D eigenvalue weighted by Crippen LogP contribution is -2.11. The summed E-state index contributed by atoms with van der Waals surface area (Å²) in [6.07, 6.45) is 6.04. The highest BCUT2D eigenvalue weighted by molar-refractivity contribution is 4.91. The summed E-state index contributed by atoms with van der Waals surface area (Å²) in [6.45, 7) is 7.51. The summed E-state index contributed by atoms with van der Waals surface area (Å²) in [4.78, 5) is 0. The molecule has 0 aromatic carbocycles. The van der Waals surface area contributed by atoms with Crippen LogP contribution in [0, 0.1) is 0 Å². The second-order valence-electron chi connectivity index (χ2n) is 2.61. The van der Waals surface area contributed by atoms with E-state index in [9.17, 15) is 0 Å². The third kappa shape index (κ3) is 5.67. The molecule has 0 amide bonds. The van der Waals surface area contributed by atoms with Crippen molar-refractivity contribution in [3.63, 3.8) is 0 Å². The zero-order chi connectivity index (χ0) is 7.82. The third-order valence-corrected chi connectivity index (χ3v) is 1.62. The molecule has 0 heterocycles. The highest BCUT2D eigenvalue weighted by Crippen LogP contribution is 1.92. The van der Waals surface area contributed by atoms with Crippen molar-refractivity contribution in [2.75, 3.05) is 6.54 Å². The Morgan fingerprint density at radius 2 is 2.10 bits per heavy atom. The molecule has 0 aliphatic carbocycles. The molecule has 0 aliphatic rings. The maximum Gasteiger partial charge on any atom is 0.0143 e. The van der Waals surface area contributed by atoms with Crippen molar-refractivity contribution in [2.45, 2.75) is 40.0 Å². The Bertz CT molecular complexity index is 94.9. The van der Waals surface area contributed by atoms with Gasteiger partial charge < -0.3 is 5.32 Å². The molecule has 0 bridgehead atoms. The van der Waals surface area contributed by atoms with E-state index in [1.165, 1.54) is 25.0 Å². The van der Waals surface area contributed by atoms with Crippen molar-refractivity contribution < 1.29 is 0 Å². The van der Waals surface area contributed by atoms with Gasteiger partial charge in [-0.2, -0.15) is 0 Å². The predicted octanol–water partition coefficient (Wildman–Crippen LogP) is 2.69. The van der Waals surface area contributed by atoms with Crippen LogP contribution in [0.2, 0.25) is 0 Å². The number of unbranched alkanes of at least 4 members (excludes halogenated alkanes) is 2. The first-order valence-corrected chi connectivity index (χ1v) is 4.18. The molecule has 0 rings (SSSR count). The first-order valence-electron chi connectivity index (χ1n) is 4.18. The van der Waals surface area contributed by atoms with Crippen molar-refractivity contribution in [3.05, 3.63) is 11.8 Å². The average Bonchev–Trinajstić information content (AvgIpc) is 1.98. The second-order valence-corrected chi connectivity index (χ2v) is 2.61. The first-order chi connectivity index (χ1) is 4.81. The quantitative estimate of drug-likeness (QED) is 0.580. The largest absolute Gasteiger partial charge is 0.389 e. The van der Waals surface area contributed by atoms with Crippen molar-refractivity contribution in [2.24, 2.45) is 0 Å². The Morgan fingerprint density at radius 3 is 2.60 bits per heavy atom. The lowest BCUT2D eigenvalue weighted by molar-refractivity contribution is 0.667. The molecule has 0 fully saturated rings. The van der Waals surface area contributed by atoms with Gasteiger partial charge in [0, 0.05) is 12.2 Å². The Balaban J connectivity index is 3.04. The molecule has 0 spiro atoms. The maximum atomic E-state index is 3.33. The molecule has 0 aromatic rings. The van der Waals surface area contributed by atoms with Crippen LogP contribution in [0.1, 0.15) is 40.0 Å². The summed E-state index contributed by atoms with van der Waals surface area (Å²) >= 11 is 0. The van der Waals surface area contributed by atoms with E-state index in [1.807, 2.05) is 0 Å². The monoisotopic (exact) mass is 141 g/mol. The number of hydrogen-bond acceptors (Lipinski definition) is 1. The first kappa shape index (κ1) is 9.54. The summed E-state index contributed by atoms with van der Waals surface area (Å²) in [5.41, 5.74) is 1.29. The van der Waals surface area contributed by atoms with Crippen LogP contribution in [0.3, 0.4) is 0 Å². The molecule has 0 atom stereocenters. The van der Waals surface area contributed by atoms with E-state index in [-0.39, 0.29) is 0 Å². The molecule has 0 aliphatic heterocycles. The number of rotatable bonds is 5. The third-order valence-electron chi connectivity index (χ3n) is 1.62. The average molecular weight is 141 g/mol. The zero-order valence-electron chi connectivity index (χ0n) is 7.41. The Kier molecular flexibility index (Phi) is 6.35. The minimum atomic E-state index is 1.13. The zero-order valence-corrected chi connectivity index (χ0v) is 7.41. The van der Waals surface area contributed by atoms with Gasteiger partial charge in [-0.15, -0.1) is 0 Å². The van der Waals surface area contributed by atoms with Crippen LogP contribution in [0.4, 0.5) is 0 Å². The molecule has 0 unspecified atom stereocenters. The summed E-state index contributed by atoms with van der Waals surface area (Å²) in [5, 5.41) is 3.33. The minimum absolute atomic E-state index is 1.13. The predicted molar refractivity (Wildman–Crippen MR) is 47.0 cm³/mol. The van der Waals surface area contributed by atoms with Gasteiger partial charge in [0.25, 0.3) is 0 Å². The Hall–Kier alpha value is -0.460. The molecule has 0 aromatic heterocycles. The van der Waals surface area contributed by atoms with Crippen LogP contribution in [0.5, 0.6) is 0 Å². The fraction of sp³-hybridized carbons (Fsp3) is 0.778. The van der Waals surface area contributed by atoms with Gasteiger partial charge in [0.05, 0.1) is 0 Å². The Morgan fingerprint density at radius 1 is 1.40 bits per heavy atom. The summed E-state index contributed by atoms with van der Waals surface area (Å²) < 4.78 is 0. The molecule has 1 nitrogen and oxygen atoms in total. The van der Waals surface area contributed by atoms with E-state index >= 15 is 0 Å². The van der Waals surface area contributed by atoms with E-state index in [4.69, 9.17) is 0 Å². The van der Waals surface area contributed by atoms with E-state index < -0.39 is 0 Å². The standard InChI is InChI=1S/C9H19N/c1-4-6-7-8-10-9(3)5-2/h5,10H,4,6-8H2,1-3H3. The highest BCUT2D eigenvalue weighted by atomic mass is 14.9. The molecule has 0 saturated heterocycles. The topological polar surface area (TPSA) is 12.0 Å². The van der Waals surface area contributed by atoms with Gasteiger partial charge in [-0.3, -0.25) is 0 Å². The van der Waals surface area contributed by atoms with Crippen LogP contribution in [-0.2, 0) is 0 Å². The van der Waals surface area contributed by atoms with Crippen molar-refractivity contribution in [3.8, 4) is 0 Å². The normalized spacial score (nSPS) is 11.7. The van der Waals surface area contributed by atoms with Crippen molar-refractivity contribution >= 4 is 0 Å². The van der Waals surface area contributed by atoms with E-state index in [2.05, 4.69) is 32.2 Å². The van der Waals surface area contributed by atoms with E-state index in [0.717, 1.165) is 6.54 Å². The minimum Gasteiger partial charge on any atom is -0.389 e. The molecule has 1 N–H and O–H groups in total. The van der Waals surface area contributed by atoms with Crippen LogP contribution >= 0.6 is 0 Å². The summed E-state index contributed by atoms with van der Waals surface area (Å²) in [7, 11) is 0. The van der Waals surface area contributed by atoms with Gasteiger partial charge in [-0.05, 0) is 20.3 Å². The van der Waals surface area contributed by atoms with E-state index in [1.54, 1.807) is 0 Å². The fourth-order valence-corrected chi connectivity index (χ4v) is 0.763. The molecular weight excluding hydrogens is 122 g/mol. The summed E-state index contributed by atoms with van der Waals surface area (Å²) in [6, 6.07) is 0. The lowest BCUT2D eigenvalue weighted by atomic mass is 10.2. The smallest absolute Gasteiger partial charge is 0.0143 e. The van der Waals surface area contributed by atoms with Crippen molar-refractivity contribution in [1.29, 1.82) is 0 Å². The highest BCUT2D eigenvalue weighted by Gasteiger charge is 1.85. The van der Waals surface area contributed by atoms with Crippen LogP contribution in [0.15, 0.2) is 11.8 Å².